The van der Waals surface area contributed by atoms with Gasteiger partial charge in [-0.2, -0.15) is 5.10 Å². The van der Waals surface area contributed by atoms with Crippen LogP contribution in [0.1, 0.15) is 31.7 Å². The first-order valence-corrected chi connectivity index (χ1v) is 9.18. The number of carbonyl (C=O) groups is 1. The van der Waals surface area contributed by atoms with Crippen LogP contribution in [0.2, 0.25) is 0 Å². The highest BCUT2D eigenvalue weighted by Gasteiger charge is 2.32. The zero-order valence-corrected chi connectivity index (χ0v) is 12.7. The van der Waals surface area contributed by atoms with Crippen LogP contribution in [0.25, 0.3) is 0 Å². The number of sulfone groups is 1. The molecule has 0 bridgehead atoms. The largest absolute Gasteiger partial charge is 0.341 e. The van der Waals surface area contributed by atoms with Gasteiger partial charge in [0.1, 0.15) is 12.7 Å². The maximum atomic E-state index is 12.4. The molecule has 1 aromatic rings. The zero-order chi connectivity index (χ0) is 14.9. The Balaban J connectivity index is 1.57. The SMILES string of the molecule is O=C(C[C@@H]1CCS(=O)(=O)C1)N1CCC[C@H](n2cncn2)C1. The van der Waals surface area contributed by atoms with E-state index in [4.69, 9.17) is 0 Å². The number of amides is 1. The highest BCUT2D eigenvalue weighted by molar-refractivity contribution is 7.91. The van der Waals surface area contributed by atoms with Crippen LogP contribution in [-0.4, -0.2) is 58.6 Å². The molecule has 2 aliphatic heterocycles. The quantitative estimate of drug-likeness (QED) is 0.799. The molecule has 0 unspecified atom stereocenters. The van der Waals surface area contributed by atoms with E-state index < -0.39 is 9.84 Å². The second-order valence-corrected chi connectivity index (χ2v) is 8.21. The summed E-state index contributed by atoms with van der Waals surface area (Å²) in [4.78, 5) is 18.2. The fourth-order valence-corrected chi connectivity index (χ4v) is 5.07. The van der Waals surface area contributed by atoms with E-state index in [1.165, 1.54) is 6.33 Å². The molecular formula is C13H20N4O3S. The third-order valence-electron chi connectivity index (χ3n) is 4.35. The van der Waals surface area contributed by atoms with Crippen LogP contribution in [0.5, 0.6) is 0 Å². The average molecular weight is 312 g/mol. The van der Waals surface area contributed by atoms with E-state index in [0.717, 1.165) is 19.4 Å². The van der Waals surface area contributed by atoms with E-state index in [1.807, 2.05) is 4.90 Å². The summed E-state index contributed by atoms with van der Waals surface area (Å²) in [5.41, 5.74) is 0. The Labute approximate surface area is 124 Å². The van der Waals surface area contributed by atoms with Crippen LogP contribution in [0.4, 0.5) is 0 Å². The number of hydrogen-bond donors (Lipinski definition) is 0. The Morgan fingerprint density at radius 1 is 1.33 bits per heavy atom. The predicted molar refractivity (Wildman–Crippen MR) is 76.3 cm³/mol. The van der Waals surface area contributed by atoms with Crippen molar-refractivity contribution in [2.45, 2.75) is 31.7 Å². The van der Waals surface area contributed by atoms with Crippen molar-refractivity contribution in [3.8, 4) is 0 Å². The Bertz CT molecular complexity index is 599. The highest BCUT2D eigenvalue weighted by atomic mass is 32.2. The first kappa shape index (κ1) is 14.5. The van der Waals surface area contributed by atoms with Crippen molar-refractivity contribution in [1.82, 2.24) is 19.7 Å². The Hall–Kier alpha value is -1.44. The fourth-order valence-electron chi connectivity index (χ4n) is 3.21. The van der Waals surface area contributed by atoms with Gasteiger partial charge in [-0.05, 0) is 25.2 Å². The van der Waals surface area contributed by atoms with Gasteiger partial charge in [0.2, 0.25) is 5.91 Å². The molecule has 2 fully saturated rings. The van der Waals surface area contributed by atoms with Crippen molar-refractivity contribution in [2.24, 2.45) is 5.92 Å². The summed E-state index contributed by atoms with van der Waals surface area (Å²) in [6.45, 7) is 1.39. The van der Waals surface area contributed by atoms with Crippen molar-refractivity contribution in [2.75, 3.05) is 24.6 Å². The van der Waals surface area contributed by atoms with Crippen LogP contribution in [0.15, 0.2) is 12.7 Å². The van der Waals surface area contributed by atoms with Crippen LogP contribution in [0.3, 0.4) is 0 Å². The lowest BCUT2D eigenvalue weighted by Crippen LogP contribution is -2.41. The fraction of sp³-hybridized carbons (Fsp3) is 0.769. The molecule has 2 aliphatic rings. The van der Waals surface area contributed by atoms with E-state index >= 15 is 0 Å². The standard InChI is InChI=1S/C13H20N4O3S/c18-13(6-11-3-5-21(19,20)8-11)16-4-1-2-12(7-16)17-10-14-9-15-17/h9-12H,1-8H2/t11-,12-/m0/s1. The van der Waals surface area contributed by atoms with E-state index in [9.17, 15) is 13.2 Å². The van der Waals surface area contributed by atoms with Gasteiger partial charge >= 0.3 is 0 Å². The Kier molecular flexibility index (Phi) is 3.97. The molecule has 0 aromatic carbocycles. The lowest BCUT2D eigenvalue weighted by atomic mass is 10.0. The summed E-state index contributed by atoms with van der Waals surface area (Å²) in [6, 6.07) is 0.178. The van der Waals surface area contributed by atoms with Crippen LogP contribution in [-0.2, 0) is 14.6 Å². The molecule has 116 valence electrons. The molecule has 21 heavy (non-hydrogen) atoms. The van der Waals surface area contributed by atoms with E-state index in [-0.39, 0.29) is 29.4 Å². The van der Waals surface area contributed by atoms with Gasteiger partial charge in [0.05, 0.1) is 17.5 Å². The molecule has 2 atom stereocenters. The molecule has 7 nitrogen and oxygen atoms in total. The topological polar surface area (TPSA) is 85.2 Å². The molecule has 1 amide bonds. The Morgan fingerprint density at radius 2 is 2.19 bits per heavy atom. The highest BCUT2D eigenvalue weighted by Crippen LogP contribution is 2.25. The molecule has 0 aliphatic carbocycles. The summed E-state index contributed by atoms with van der Waals surface area (Å²) >= 11 is 0. The summed E-state index contributed by atoms with van der Waals surface area (Å²) in [6.07, 6.45) is 6.09. The van der Waals surface area contributed by atoms with E-state index in [0.29, 0.717) is 19.4 Å². The molecule has 0 N–H and O–H groups in total. The Morgan fingerprint density at radius 3 is 2.86 bits per heavy atom. The number of hydrogen-bond acceptors (Lipinski definition) is 5. The van der Waals surface area contributed by atoms with Crippen molar-refractivity contribution >= 4 is 15.7 Å². The third kappa shape index (κ3) is 3.42. The minimum absolute atomic E-state index is 0.00533. The third-order valence-corrected chi connectivity index (χ3v) is 6.19. The summed E-state index contributed by atoms with van der Waals surface area (Å²) < 4.78 is 24.7. The number of aromatic nitrogens is 3. The molecule has 1 aromatic heterocycles. The summed E-state index contributed by atoms with van der Waals surface area (Å²) in [5, 5.41) is 4.14. The number of piperidine rings is 1. The first-order chi connectivity index (χ1) is 10.0. The van der Waals surface area contributed by atoms with Crippen molar-refractivity contribution in [3.05, 3.63) is 12.7 Å². The van der Waals surface area contributed by atoms with Gasteiger partial charge in [0.15, 0.2) is 9.84 Å². The van der Waals surface area contributed by atoms with Crippen molar-refractivity contribution < 1.29 is 13.2 Å². The molecular weight excluding hydrogens is 292 g/mol. The number of likely N-dealkylation sites (tertiary alicyclic amines) is 1. The van der Waals surface area contributed by atoms with Crippen LogP contribution >= 0.6 is 0 Å². The van der Waals surface area contributed by atoms with Crippen molar-refractivity contribution in [1.29, 1.82) is 0 Å². The zero-order valence-electron chi connectivity index (χ0n) is 11.9. The maximum absolute atomic E-state index is 12.4. The summed E-state index contributed by atoms with van der Waals surface area (Å²) in [7, 11) is -2.91. The first-order valence-electron chi connectivity index (χ1n) is 7.36. The minimum atomic E-state index is -2.91. The monoisotopic (exact) mass is 312 g/mol. The lowest BCUT2D eigenvalue weighted by molar-refractivity contribution is -0.133. The van der Waals surface area contributed by atoms with E-state index in [1.54, 1.807) is 11.0 Å². The second kappa shape index (κ2) is 5.75. The molecule has 0 radical (unpaired) electrons. The molecule has 0 saturated carbocycles. The van der Waals surface area contributed by atoms with Gasteiger partial charge in [-0.1, -0.05) is 0 Å². The van der Waals surface area contributed by atoms with Gasteiger partial charge in [0.25, 0.3) is 0 Å². The second-order valence-electron chi connectivity index (χ2n) is 5.98. The van der Waals surface area contributed by atoms with Crippen molar-refractivity contribution in [3.63, 3.8) is 0 Å². The molecule has 2 saturated heterocycles. The number of carbonyl (C=O) groups excluding carboxylic acids is 1. The molecule has 3 heterocycles. The maximum Gasteiger partial charge on any atom is 0.222 e. The molecule has 8 heteroatoms. The lowest BCUT2D eigenvalue weighted by Gasteiger charge is -2.33. The van der Waals surface area contributed by atoms with Gasteiger partial charge in [0, 0.05) is 19.5 Å². The van der Waals surface area contributed by atoms with Crippen LogP contribution < -0.4 is 0 Å². The number of nitrogens with zero attached hydrogens (tertiary/aromatic N) is 4. The van der Waals surface area contributed by atoms with Gasteiger partial charge in [-0.3, -0.25) is 4.79 Å². The number of rotatable bonds is 3. The molecule has 0 spiro atoms. The normalized spacial score (nSPS) is 28.7. The predicted octanol–water partition coefficient (Wildman–Crippen LogP) is 0.266. The minimum Gasteiger partial charge on any atom is -0.341 e. The van der Waals surface area contributed by atoms with Gasteiger partial charge in [-0.15, -0.1) is 0 Å². The van der Waals surface area contributed by atoms with E-state index in [2.05, 4.69) is 10.1 Å². The smallest absolute Gasteiger partial charge is 0.222 e. The van der Waals surface area contributed by atoms with Gasteiger partial charge < -0.3 is 4.90 Å². The van der Waals surface area contributed by atoms with Gasteiger partial charge in [-0.25, -0.2) is 18.1 Å². The average Bonchev–Trinajstić information content (AvgIpc) is 3.09. The van der Waals surface area contributed by atoms with Crippen LogP contribution in [0, 0.1) is 5.92 Å². The molecule has 3 rings (SSSR count). The summed E-state index contributed by atoms with van der Waals surface area (Å²) in [5.74, 6) is 0.460.